The Bertz CT molecular complexity index is 1190. The van der Waals surface area contributed by atoms with Crippen LogP contribution in [0.25, 0.3) is 0 Å². The quantitative estimate of drug-likeness (QED) is 0.0583. The second-order valence-electron chi connectivity index (χ2n) is 8.69. The first kappa shape index (κ1) is 31.8. The van der Waals surface area contributed by atoms with Gasteiger partial charge in [-0.1, -0.05) is 30.3 Å². The van der Waals surface area contributed by atoms with Gasteiger partial charge in [0.1, 0.15) is 6.04 Å². The smallest absolute Gasteiger partial charge is 0.239 e. The summed E-state index contributed by atoms with van der Waals surface area (Å²) in [7, 11) is -3.90. The van der Waals surface area contributed by atoms with Crippen molar-refractivity contribution in [3.05, 3.63) is 52.5 Å². The van der Waals surface area contributed by atoms with Crippen molar-refractivity contribution in [2.75, 3.05) is 19.6 Å². The largest absolute Gasteiger partial charge is 0.370 e. The van der Waals surface area contributed by atoms with Gasteiger partial charge in [0, 0.05) is 18.1 Å². The number of unbranched alkanes of at least 4 members (excludes halogenated alkanes) is 1. The van der Waals surface area contributed by atoms with E-state index in [1.165, 1.54) is 17.5 Å². The number of amides is 2. The lowest BCUT2D eigenvalue weighted by atomic mass is 10.1. The summed E-state index contributed by atoms with van der Waals surface area (Å²) in [5.41, 5.74) is 16.7. The molecule has 0 radical (unpaired) electrons. The number of nitrogens with zero attached hydrogens (tertiary/aromatic N) is 2. The van der Waals surface area contributed by atoms with E-state index in [0.29, 0.717) is 37.8 Å². The molecule has 1 heterocycles. The topological polar surface area (TPSA) is 225 Å². The molecule has 0 bridgehead atoms. The fraction of sp³-hybridized carbons (Fsp3) is 0.458. The number of guanidine groups is 1. The maximum atomic E-state index is 12.9. The third-order valence-electron chi connectivity index (χ3n) is 5.45. The van der Waals surface area contributed by atoms with Crippen LogP contribution in [0.4, 0.5) is 0 Å². The van der Waals surface area contributed by atoms with E-state index in [0.717, 1.165) is 0 Å². The molecule has 39 heavy (non-hydrogen) atoms. The summed E-state index contributed by atoms with van der Waals surface area (Å²) in [5.74, 6) is -2.07. The SMILES string of the molecule is NCCCC[C@H](NC(=O)CNC(=O)[C@@H](CCCN=C(N)N)NS(=O)(=O)Cc1ccccc1)C(=O)c1nccs1. The van der Waals surface area contributed by atoms with Gasteiger partial charge in [-0.2, -0.15) is 0 Å². The number of carbonyl (C=O) groups excluding carboxylic acids is 3. The summed E-state index contributed by atoms with van der Waals surface area (Å²) in [6.45, 7) is 0.186. The van der Waals surface area contributed by atoms with Gasteiger partial charge in [-0.3, -0.25) is 19.4 Å². The summed E-state index contributed by atoms with van der Waals surface area (Å²) in [6.07, 6.45) is 3.56. The molecule has 15 heteroatoms. The Morgan fingerprint density at radius 1 is 1.03 bits per heavy atom. The third kappa shape index (κ3) is 12.3. The van der Waals surface area contributed by atoms with Crippen LogP contribution in [0.5, 0.6) is 0 Å². The van der Waals surface area contributed by atoms with Crippen LogP contribution in [0.3, 0.4) is 0 Å². The third-order valence-corrected chi connectivity index (χ3v) is 7.59. The molecule has 1 aromatic carbocycles. The number of ketones is 1. The highest BCUT2D eigenvalue weighted by Crippen LogP contribution is 2.12. The first-order valence-electron chi connectivity index (χ1n) is 12.4. The molecule has 0 aliphatic heterocycles. The van der Waals surface area contributed by atoms with Crippen molar-refractivity contribution >= 4 is 44.9 Å². The number of hydrogen-bond donors (Lipinski definition) is 6. The maximum absolute atomic E-state index is 12.9. The molecular weight excluding hydrogens is 544 g/mol. The summed E-state index contributed by atoms with van der Waals surface area (Å²) in [4.78, 5) is 46.2. The average molecular weight is 581 g/mol. The lowest BCUT2D eigenvalue weighted by Gasteiger charge is -2.20. The second-order valence-corrected chi connectivity index (χ2v) is 11.3. The number of benzene rings is 1. The first-order valence-corrected chi connectivity index (χ1v) is 14.9. The molecule has 0 aliphatic carbocycles. The lowest BCUT2D eigenvalue weighted by Crippen LogP contribution is -2.51. The van der Waals surface area contributed by atoms with Crippen LogP contribution in [0.1, 0.15) is 47.5 Å². The maximum Gasteiger partial charge on any atom is 0.239 e. The van der Waals surface area contributed by atoms with Crippen molar-refractivity contribution in [2.45, 2.75) is 49.9 Å². The number of rotatable bonds is 18. The minimum atomic E-state index is -3.90. The number of hydrogen-bond acceptors (Lipinski definition) is 9. The molecule has 9 N–H and O–H groups in total. The molecule has 13 nitrogen and oxygen atoms in total. The Morgan fingerprint density at radius 3 is 2.38 bits per heavy atom. The Hall–Kier alpha value is -3.40. The zero-order chi connectivity index (χ0) is 28.7. The molecule has 2 rings (SSSR count). The van der Waals surface area contributed by atoms with Crippen molar-refractivity contribution in [1.82, 2.24) is 20.3 Å². The van der Waals surface area contributed by atoms with Crippen LogP contribution in [-0.2, 0) is 25.4 Å². The van der Waals surface area contributed by atoms with Crippen LogP contribution in [0.15, 0.2) is 46.9 Å². The number of nitrogens with two attached hydrogens (primary N) is 3. The van der Waals surface area contributed by atoms with Gasteiger partial charge in [-0.05, 0) is 44.2 Å². The van der Waals surface area contributed by atoms with Crippen molar-refractivity contribution in [3.8, 4) is 0 Å². The van der Waals surface area contributed by atoms with Crippen LogP contribution in [-0.4, -0.2) is 68.7 Å². The van der Waals surface area contributed by atoms with Gasteiger partial charge in [0.25, 0.3) is 0 Å². The fourth-order valence-corrected chi connectivity index (χ4v) is 5.59. The molecule has 0 saturated heterocycles. The molecule has 0 unspecified atom stereocenters. The molecule has 1 aromatic heterocycles. The van der Waals surface area contributed by atoms with Gasteiger partial charge in [0.2, 0.25) is 27.6 Å². The number of thiazole rings is 1. The second kappa shape index (κ2) is 16.5. The number of nitrogens with one attached hydrogen (secondary N) is 3. The first-order chi connectivity index (χ1) is 18.6. The minimum Gasteiger partial charge on any atom is -0.370 e. The van der Waals surface area contributed by atoms with Crippen LogP contribution in [0.2, 0.25) is 0 Å². The van der Waals surface area contributed by atoms with E-state index in [2.05, 4.69) is 25.3 Å². The predicted molar refractivity (Wildman–Crippen MR) is 150 cm³/mol. The molecular formula is C24H36N8O5S2. The summed E-state index contributed by atoms with van der Waals surface area (Å²) in [5, 5.41) is 7.03. The van der Waals surface area contributed by atoms with E-state index >= 15 is 0 Å². The van der Waals surface area contributed by atoms with Gasteiger partial charge in [0.05, 0.1) is 18.3 Å². The Kier molecular flexibility index (Phi) is 13.5. The number of aromatic nitrogens is 1. The molecule has 0 saturated carbocycles. The van der Waals surface area contributed by atoms with Gasteiger partial charge in [-0.25, -0.2) is 18.1 Å². The number of sulfonamides is 1. The minimum absolute atomic E-state index is 0.0858. The van der Waals surface area contributed by atoms with Crippen LogP contribution in [0, 0.1) is 0 Å². The van der Waals surface area contributed by atoms with Crippen LogP contribution < -0.4 is 32.6 Å². The number of aliphatic imine (C=N–C) groups is 1. The number of carbonyl (C=O) groups is 3. The van der Waals surface area contributed by atoms with Crippen molar-refractivity contribution in [2.24, 2.45) is 22.2 Å². The highest BCUT2D eigenvalue weighted by atomic mass is 32.2. The van der Waals surface area contributed by atoms with E-state index in [9.17, 15) is 22.8 Å². The molecule has 214 valence electrons. The predicted octanol–water partition coefficient (Wildman–Crippen LogP) is -0.402. The highest BCUT2D eigenvalue weighted by molar-refractivity contribution is 7.88. The molecule has 2 amide bonds. The molecule has 2 atom stereocenters. The van der Waals surface area contributed by atoms with E-state index in [1.807, 2.05) is 0 Å². The van der Waals surface area contributed by atoms with E-state index < -0.39 is 40.5 Å². The average Bonchev–Trinajstić information content (AvgIpc) is 3.43. The van der Waals surface area contributed by atoms with Crippen LogP contribution >= 0.6 is 11.3 Å². The van der Waals surface area contributed by atoms with E-state index in [-0.39, 0.29) is 35.5 Å². The normalized spacial score (nSPS) is 12.7. The monoisotopic (exact) mass is 580 g/mol. The number of Topliss-reactive ketones (excluding diaryl/α,β-unsaturated/α-hetero) is 1. The highest BCUT2D eigenvalue weighted by Gasteiger charge is 2.27. The fourth-order valence-electron chi connectivity index (χ4n) is 3.59. The van der Waals surface area contributed by atoms with E-state index in [4.69, 9.17) is 17.2 Å². The van der Waals surface area contributed by atoms with Crippen molar-refractivity contribution in [1.29, 1.82) is 0 Å². The van der Waals surface area contributed by atoms with E-state index in [1.54, 1.807) is 35.7 Å². The molecule has 0 spiro atoms. The zero-order valence-corrected chi connectivity index (χ0v) is 23.2. The van der Waals surface area contributed by atoms with Crippen molar-refractivity contribution in [3.63, 3.8) is 0 Å². The molecule has 0 fully saturated rings. The summed E-state index contributed by atoms with van der Waals surface area (Å²) >= 11 is 1.17. The zero-order valence-electron chi connectivity index (χ0n) is 21.5. The van der Waals surface area contributed by atoms with Gasteiger partial charge >= 0.3 is 0 Å². The molecule has 0 aliphatic rings. The Morgan fingerprint density at radius 2 is 1.74 bits per heavy atom. The molecule has 2 aromatic rings. The Balaban J connectivity index is 2.02. The van der Waals surface area contributed by atoms with Crippen molar-refractivity contribution < 1.29 is 22.8 Å². The lowest BCUT2D eigenvalue weighted by molar-refractivity contribution is -0.127. The summed E-state index contributed by atoms with van der Waals surface area (Å²) < 4.78 is 27.9. The van der Waals surface area contributed by atoms with Gasteiger partial charge in [0.15, 0.2) is 11.0 Å². The Labute approximate surface area is 232 Å². The standard InChI is InChI=1S/C24H36N8O5S2/c25-11-5-4-9-18(21(34)23-28-13-14-38-23)31-20(33)15-30-22(35)19(10-6-12-29-24(26)27)32-39(36,37)16-17-7-2-1-3-8-17/h1-3,7-8,13-14,18-19,32H,4-6,9-12,15-16,25H2,(H,30,35)(H,31,33)(H4,26,27,29)/t18-,19+/m0/s1. The van der Waals surface area contributed by atoms with Gasteiger partial charge < -0.3 is 27.8 Å². The summed E-state index contributed by atoms with van der Waals surface area (Å²) in [6, 6.07) is 6.52. The van der Waals surface area contributed by atoms with Gasteiger partial charge in [-0.15, -0.1) is 11.3 Å².